The summed E-state index contributed by atoms with van der Waals surface area (Å²) in [6, 6.07) is 9.90. The highest BCUT2D eigenvalue weighted by Gasteiger charge is 2.28. The van der Waals surface area contributed by atoms with E-state index in [1.807, 2.05) is 31.2 Å². The second-order valence-electron chi connectivity index (χ2n) is 6.31. The van der Waals surface area contributed by atoms with Gasteiger partial charge in [0, 0.05) is 19.3 Å². The molecule has 0 saturated heterocycles. The minimum atomic E-state index is -4.45. The number of halogens is 3. The lowest BCUT2D eigenvalue weighted by Crippen LogP contribution is -2.29. The molecule has 0 spiro atoms. The zero-order chi connectivity index (χ0) is 21.0. The van der Waals surface area contributed by atoms with E-state index in [0.717, 1.165) is 11.3 Å². The predicted molar refractivity (Wildman–Crippen MR) is 97.7 cm³/mol. The highest BCUT2D eigenvalue weighted by atomic mass is 19.4. The summed E-state index contributed by atoms with van der Waals surface area (Å²) in [6.45, 7) is 0.436. The molecule has 2 aromatic heterocycles. The lowest BCUT2D eigenvalue weighted by molar-refractivity contribution is -0.154. The second kappa shape index (κ2) is 8.29. The molecule has 0 aliphatic carbocycles. The van der Waals surface area contributed by atoms with Crippen molar-refractivity contribution in [3.63, 3.8) is 0 Å². The lowest BCUT2D eigenvalue weighted by atomic mass is 10.1. The van der Waals surface area contributed by atoms with Crippen LogP contribution in [0.15, 0.2) is 55.2 Å². The van der Waals surface area contributed by atoms with Gasteiger partial charge in [0.1, 0.15) is 12.7 Å². The van der Waals surface area contributed by atoms with Crippen LogP contribution >= 0.6 is 0 Å². The first-order valence-corrected chi connectivity index (χ1v) is 8.62. The molecule has 0 saturated carbocycles. The Bertz CT molecular complexity index is 941. The minimum absolute atomic E-state index is 0.196. The molecule has 10 heteroatoms. The molecule has 1 amide bonds. The number of carbonyl (C=O) groups excluding carboxylic acids is 1. The standard InChI is InChI=1S/C19H18F3N5O2/c1-13(14-3-6-16(7-4-14)27-12-23-11-25-27)26(2)18(28)15-5-8-17(24-9-15)29-10-19(20,21)22/h3-9,11-13H,10H2,1-2H3/t13-/m0/s1. The van der Waals surface area contributed by atoms with Crippen molar-refractivity contribution in [3.05, 3.63) is 66.4 Å². The number of pyridine rings is 1. The van der Waals surface area contributed by atoms with Gasteiger partial charge in [-0.05, 0) is 30.7 Å². The van der Waals surface area contributed by atoms with Crippen LogP contribution in [0.25, 0.3) is 5.69 Å². The van der Waals surface area contributed by atoms with Crippen molar-refractivity contribution < 1.29 is 22.7 Å². The fourth-order valence-corrected chi connectivity index (χ4v) is 2.60. The topological polar surface area (TPSA) is 73.1 Å². The molecule has 0 aliphatic heterocycles. The average molecular weight is 405 g/mol. The van der Waals surface area contributed by atoms with E-state index in [-0.39, 0.29) is 23.4 Å². The van der Waals surface area contributed by atoms with E-state index < -0.39 is 12.8 Å². The van der Waals surface area contributed by atoms with Crippen LogP contribution in [-0.4, -0.2) is 50.4 Å². The molecular formula is C19H18F3N5O2. The molecule has 152 valence electrons. The largest absolute Gasteiger partial charge is 0.468 e. The SMILES string of the molecule is C[C@@H](c1ccc(-n2cncn2)cc1)N(C)C(=O)c1ccc(OCC(F)(F)F)nc1. The molecule has 0 bridgehead atoms. The minimum Gasteiger partial charge on any atom is -0.468 e. The van der Waals surface area contributed by atoms with Crippen molar-refractivity contribution in [2.75, 3.05) is 13.7 Å². The van der Waals surface area contributed by atoms with Crippen LogP contribution in [0.4, 0.5) is 13.2 Å². The van der Waals surface area contributed by atoms with Gasteiger partial charge in [-0.3, -0.25) is 4.79 Å². The van der Waals surface area contributed by atoms with Crippen molar-refractivity contribution in [1.29, 1.82) is 0 Å². The number of rotatable bonds is 6. The fourth-order valence-electron chi connectivity index (χ4n) is 2.60. The Morgan fingerprint density at radius 3 is 2.48 bits per heavy atom. The van der Waals surface area contributed by atoms with E-state index in [1.54, 1.807) is 18.1 Å². The van der Waals surface area contributed by atoms with Crippen LogP contribution in [0.1, 0.15) is 28.9 Å². The van der Waals surface area contributed by atoms with Gasteiger partial charge in [-0.25, -0.2) is 14.6 Å². The van der Waals surface area contributed by atoms with Crippen molar-refractivity contribution in [2.24, 2.45) is 0 Å². The van der Waals surface area contributed by atoms with Gasteiger partial charge >= 0.3 is 6.18 Å². The van der Waals surface area contributed by atoms with E-state index in [0.29, 0.717) is 0 Å². The molecule has 3 aromatic rings. The van der Waals surface area contributed by atoms with Gasteiger partial charge in [0.15, 0.2) is 6.61 Å². The molecule has 29 heavy (non-hydrogen) atoms. The number of carbonyl (C=O) groups is 1. The van der Waals surface area contributed by atoms with Gasteiger partial charge in [0.05, 0.1) is 17.3 Å². The highest BCUT2D eigenvalue weighted by molar-refractivity contribution is 5.94. The number of benzene rings is 1. The third kappa shape index (κ3) is 5.09. The van der Waals surface area contributed by atoms with Crippen molar-refractivity contribution in [1.82, 2.24) is 24.6 Å². The summed E-state index contributed by atoms with van der Waals surface area (Å²) < 4.78 is 42.7. The number of hydrogen-bond acceptors (Lipinski definition) is 5. The van der Waals surface area contributed by atoms with Crippen LogP contribution in [-0.2, 0) is 0 Å². The van der Waals surface area contributed by atoms with Gasteiger partial charge in [-0.15, -0.1) is 0 Å². The van der Waals surface area contributed by atoms with Gasteiger partial charge in [-0.1, -0.05) is 12.1 Å². The number of amides is 1. The number of hydrogen-bond donors (Lipinski definition) is 0. The third-order valence-electron chi connectivity index (χ3n) is 4.33. The van der Waals surface area contributed by atoms with Crippen LogP contribution in [0.5, 0.6) is 5.88 Å². The second-order valence-corrected chi connectivity index (χ2v) is 6.31. The number of ether oxygens (including phenoxy) is 1. The number of aromatic nitrogens is 4. The maximum absolute atomic E-state index is 12.7. The normalized spacial score (nSPS) is 12.4. The van der Waals surface area contributed by atoms with E-state index >= 15 is 0 Å². The molecule has 0 radical (unpaired) electrons. The Kier molecular flexibility index (Phi) is 5.81. The van der Waals surface area contributed by atoms with Crippen molar-refractivity contribution in [2.45, 2.75) is 19.1 Å². The maximum Gasteiger partial charge on any atom is 0.422 e. The van der Waals surface area contributed by atoms with E-state index in [2.05, 4.69) is 19.8 Å². The fraction of sp³-hybridized carbons (Fsp3) is 0.263. The molecule has 7 nitrogen and oxygen atoms in total. The van der Waals surface area contributed by atoms with Crippen LogP contribution in [0.2, 0.25) is 0 Å². The lowest BCUT2D eigenvalue weighted by Gasteiger charge is -2.25. The van der Waals surface area contributed by atoms with Gasteiger partial charge < -0.3 is 9.64 Å². The molecule has 1 aromatic carbocycles. The Balaban J connectivity index is 1.66. The summed E-state index contributed by atoms with van der Waals surface area (Å²) in [5.74, 6) is -0.508. The van der Waals surface area contributed by atoms with Crippen molar-refractivity contribution >= 4 is 5.91 Å². The Hall–Kier alpha value is -3.43. The zero-order valence-corrected chi connectivity index (χ0v) is 15.7. The van der Waals surface area contributed by atoms with Gasteiger partial charge in [-0.2, -0.15) is 18.3 Å². The Labute approximate surface area is 164 Å². The first-order valence-electron chi connectivity index (χ1n) is 8.62. The summed E-state index contributed by atoms with van der Waals surface area (Å²) in [4.78, 5) is 21.9. The van der Waals surface area contributed by atoms with E-state index in [1.165, 1.54) is 29.6 Å². The first kappa shape index (κ1) is 20.3. The van der Waals surface area contributed by atoms with E-state index in [9.17, 15) is 18.0 Å². The molecule has 0 unspecified atom stereocenters. The Morgan fingerprint density at radius 2 is 1.93 bits per heavy atom. The van der Waals surface area contributed by atoms with Crippen LogP contribution < -0.4 is 4.74 Å². The monoisotopic (exact) mass is 405 g/mol. The molecule has 0 N–H and O–H groups in total. The van der Waals surface area contributed by atoms with Crippen molar-refractivity contribution in [3.8, 4) is 11.6 Å². The number of alkyl halides is 3. The number of nitrogens with zero attached hydrogens (tertiary/aromatic N) is 5. The molecule has 1 atom stereocenters. The van der Waals surface area contributed by atoms with Gasteiger partial charge in [0.25, 0.3) is 5.91 Å². The van der Waals surface area contributed by atoms with E-state index in [4.69, 9.17) is 0 Å². The molecule has 3 rings (SSSR count). The summed E-state index contributed by atoms with van der Waals surface area (Å²) in [6.07, 6.45) is -0.222. The summed E-state index contributed by atoms with van der Waals surface area (Å²) in [5.41, 5.74) is 1.99. The zero-order valence-electron chi connectivity index (χ0n) is 15.7. The summed E-state index contributed by atoms with van der Waals surface area (Å²) in [7, 11) is 1.65. The van der Waals surface area contributed by atoms with Crippen LogP contribution in [0, 0.1) is 0 Å². The average Bonchev–Trinajstić information content (AvgIpc) is 3.25. The van der Waals surface area contributed by atoms with Gasteiger partial charge in [0.2, 0.25) is 5.88 Å². The third-order valence-corrected chi connectivity index (χ3v) is 4.33. The molecular weight excluding hydrogens is 387 g/mol. The maximum atomic E-state index is 12.7. The highest BCUT2D eigenvalue weighted by Crippen LogP contribution is 2.23. The molecule has 0 fully saturated rings. The molecule has 2 heterocycles. The molecule has 0 aliphatic rings. The Morgan fingerprint density at radius 1 is 1.21 bits per heavy atom. The quantitative estimate of drug-likeness (QED) is 0.628. The summed E-state index contributed by atoms with van der Waals surface area (Å²) in [5, 5.41) is 4.06. The first-order chi connectivity index (χ1) is 13.7. The summed E-state index contributed by atoms with van der Waals surface area (Å²) >= 11 is 0. The smallest absolute Gasteiger partial charge is 0.422 e. The van der Waals surface area contributed by atoms with Crippen LogP contribution in [0.3, 0.4) is 0 Å². The predicted octanol–water partition coefficient (Wildman–Crippen LogP) is 3.44.